The van der Waals surface area contributed by atoms with Crippen LogP contribution >= 0.6 is 11.6 Å². The molecule has 144 valence electrons. The number of ether oxygens (including phenoxy) is 3. The van der Waals surface area contributed by atoms with E-state index < -0.39 is 6.09 Å². The van der Waals surface area contributed by atoms with Gasteiger partial charge in [0.1, 0.15) is 11.5 Å². The van der Waals surface area contributed by atoms with E-state index in [4.69, 9.17) is 25.8 Å². The number of nitrogens with zero attached hydrogens (tertiary/aromatic N) is 1. The van der Waals surface area contributed by atoms with Crippen LogP contribution < -0.4 is 9.47 Å². The fourth-order valence-electron chi connectivity index (χ4n) is 2.36. The fraction of sp³-hybridized carbons (Fsp3) is 0.300. The van der Waals surface area contributed by atoms with E-state index in [1.807, 2.05) is 48.5 Å². The molecule has 2 aromatic carbocycles. The molecule has 0 saturated carbocycles. The number of rotatable bonds is 9. The van der Waals surface area contributed by atoms with E-state index in [1.54, 1.807) is 14.2 Å². The van der Waals surface area contributed by atoms with E-state index in [1.165, 1.54) is 4.90 Å². The Hall–Kier alpha value is -2.73. The third-order valence-corrected chi connectivity index (χ3v) is 4.13. The van der Waals surface area contributed by atoms with Crippen molar-refractivity contribution in [3.63, 3.8) is 0 Å². The summed E-state index contributed by atoms with van der Waals surface area (Å²) in [4.78, 5) is 25.3. The maximum Gasteiger partial charge on any atom is 0.410 e. The van der Waals surface area contributed by atoms with Crippen LogP contribution in [0.5, 0.6) is 11.5 Å². The summed E-state index contributed by atoms with van der Waals surface area (Å²) < 4.78 is 15.4. The third kappa shape index (κ3) is 6.49. The fourth-order valence-corrected chi connectivity index (χ4v) is 2.44. The first kappa shape index (κ1) is 20.6. The van der Waals surface area contributed by atoms with Crippen LogP contribution in [-0.4, -0.2) is 43.5 Å². The van der Waals surface area contributed by atoms with Gasteiger partial charge in [-0.15, -0.1) is 11.6 Å². The average Bonchev–Trinajstić information content (AvgIpc) is 2.72. The largest absolute Gasteiger partial charge is 0.497 e. The molecule has 7 heteroatoms. The van der Waals surface area contributed by atoms with Gasteiger partial charge < -0.3 is 14.2 Å². The highest BCUT2D eigenvalue weighted by molar-refractivity contribution is 6.27. The van der Waals surface area contributed by atoms with Crippen molar-refractivity contribution >= 4 is 23.5 Å². The van der Waals surface area contributed by atoms with E-state index in [0.717, 1.165) is 22.6 Å². The highest BCUT2D eigenvalue weighted by Gasteiger charge is 2.17. The van der Waals surface area contributed by atoms with E-state index in [2.05, 4.69) is 0 Å². The molecule has 1 amide bonds. The second kappa shape index (κ2) is 10.4. The van der Waals surface area contributed by atoms with Gasteiger partial charge in [-0.2, -0.15) is 0 Å². The molecule has 2 aromatic rings. The predicted molar refractivity (Wildman–Crippen MR) is 102 cm³/mol. The molecule has 0 aromatic heterocycles. The zero-order valence-electron chi connectivity index (χ0n) is 15.3. The maximum atomic E-state index is 12.5. The summed E-state index contributed by atoms with van der Waals surface area (Å²) >= 11 is 5.45. The smallest absolute Gasteiger partial charge is 0.410 e. The number of ketones is 1. The van der Waals surface area contributed by atoms with Crippen molar-refractivity contribution in [2.24, 2.45) is 0 Å². The van der Waals surface area contributed by atoms with Crippen molar-refractivity contribution < 1.29 is 23.8 Å². The van der Waals surface area contributed by atoms with Gasteiger partial charge in [0.15, 0.2) is 12.4 Å². The van der Waals surface area contributed by atoms with E-state index >= 15 is 0 Å². The van der Waals surface area contributed by atoms with Crippen LogP contribution in [0, 0.1) is 0 Å². The Kier molecular flexibility index (Phi) is 7.95. The Balaban J connectivity index is 2.12. The van der Waals surface area contributed by atoms with Crippen molar-refractivity contribution in [3.8, 4) is 11.5 Å². The number of alkyl halides is 1. The molecule has 0 heterocycles. The van der Waals surface area contributed by atoms with Crippen LogP contribution in [0.25, 0.3) is 0 Å². The van der Waals surface area contributed by atoms with Gasteiger partial charge in [-0.3, -0.25) is 9.69 Å². The van der Waals surface area contributed by atoms with E-state index in [0.29, 0.717) is 13.1 Å². The Morgan fingerprint density at radius 3 is 1.67 bits per heavy atom. The van der Waals surface area contributed by atoms with E-state index in [9.17, 15) is 9.59 Å². The first-order valence-electron chi connectivity index (χ1n) is 8.31. The Morgan fingerprint density at radius 2 is 1.30 bits per heavy atom. The molecule has 0 saturated heterocycles. The molecule has 0 aliphatic rings. The molecule has 6 nitrogen and oxygen atoms in total. The Labute approximate surface area is 163 Å². The molecular formula is C20H22ClNO5. The van der Waals surface area contributed by atoms with Gasteiger partial charge in [0.05, 0.1) is 20.1 Å². The van der Waals surface area contributed by atoms with Gasteiger partial charge in [0.25, 0.3) is 0 Å². The second-order valence-corrected chi connectivity index (χ2v) is 6.05. The zero-order valence-corrected chi connectivity index (χ0v) is 16.1. The number of carbonyl (C=O) groups excluding carboxylic acids is 2. The van der Waals surface area contributed by atoms with Gasteiger partial charge in [-0.05, 0) is 35.4 Å². The summed E-state index contributed by atoms with van der Waals surface area (Å²) in [6.07, 6.45) is -0.583. The minimum absolute atomic E-state index is 0.190. The molecule has 0 radical (unpaired) electrons. The summed E-state index contributed by atoms with van der Waals surface area (Å²) in [6, 6.07) is 14.8. The zero-order chi connectivity index (χ0) is 19.6. The van der Waals surface area contributed by atoms with Crippen molar-refractivity contribution in [2.75, 3.05) is 26.7 Å². The average molecular weight is 392 g/mol. The lowest BCUT2D eigenvalue weighted by Gasteiger charge is -2.22. The maximum absolute atomic E-state index is 12.5. The molecule has 0 spiro atoms. The molecule has 27 heavy (non-hydrogen) atoms. The van der Waals surface area contributed by atoms with Crippen molar-refractivity contribution in [1.82, 2.24) is 4.90 Å². The summed E-state index contributed by atoms with van der Waals surface area (Å²) in [7, 11) is 3.19. The minimum atomic E-state index is -0.583. The van der Waals surface area contributed by atoms with Crippen molar-refractivity contribution in [3.05, 3.63) is 59.7 Å². The third-order valence-electron chi connectivity index (χ3n) is 3.83. The van der Waals surface area contributed by atoms with Gasteiger partial charge >= 0.3 is 6.09 Å². The van der Waals surface area contributed by atoms with Gasteiger partial charge in [0, 0.05) is 13.1 Å². The SMILES string of the molecule is COc1ccc(CN(Cc2ccc(OC)cc2)C(=O)OCC(=O)CCl)cc1. The molecule has 0 unspecified atom stereocenters. The number of hydrogen-bond acceptors (Lipinski definition) is 5. The number of benzene rings is 2. The van der Waals surface area contributed by atoms with Crippen LogP contribution in [0.3, 0.4) is 0 Å². The van der Waals surface area contributed by atoms with Crippen molar-refractivity contribution in [2.45, 2.75) is 13.1 Å². The number of carbonyl (C=O) groups is 2. The van der Waals surface area contributed by atoms with Gasteiger partial charge in [-0.1, -0.05) is 24.3 Å². The molecule has 0 bridgehead atoms. The molecule has 0 aliphatic heterocycles. The highest BCUT2D eigenvalue weighted by Crippen LogP contribution is 2.17. The van der Waals surface area contributed by atoms with E-state index in [-0.39, 0.29) is 18.3 Å². The molecule has 0 atom stereocenters. The summed E-state index contributed by atoms with van der Waals surface area (Å²) in [5, 5.41) is 0. The van der Waals surface area contributed by atoms with Crippen LogP contribution in [0.1, 0.15) is 11.1 Å². The Bertz CT molecular complexity index is 696. The second-order valence-electron chi connectivity index (χ2n) is 5.78. The van der Waals surface area contributed by atoms with Crippen LogP contribution in [0.15, 0.2) is 48.5 Å². The van der Waals surface area contributed by atoms with Gasteiger partial charge in [-0.25, -0.2) is 4.79 Å². The number of Topliss-reactive ketones (excluding diaryl/α,β-unsaturated/α-hetero) is 1. The molecule has 0 fully saturated rings. The first-order chi connectivity index (χ1) is 13.0. The Morgan fingerprint density at radius 1 is 0.852 bits per heavy atom. The number of hydrogen-bond donors (Lipinski definition) is 0. The van der Waals surface area contributed by atoms with Crippen LogP contribution in [-0.2, 0) is 22.6 Å². The summed E-state index contributed by atoms with van der Waals surface area (Å²) in [5.41, 5.74) is 1.81. The monoisotopic (exact) mass is 391 g/mol. The summed E-state index contributed by atoms with van der Waals surface area (Å²) in [6.45, 7) is 0.303. The number of halogens is 1. The predicted octanol–water partition coefficient (Wildman–Crippen LogP) is 3.65. The molecular weight excluding hydrogens is 370 g/mol. The first-order valence-corrected chi connectivity index (χ1v) is 8.84. The lowest BCUT2D eigenvalue weighted by atomic mass is 10.1. The minimum Gasteiger partial charge on any atom is -0.497 e. The lowest BCUT2D eigenvalue weighted by molar-refractivity contribution is -0.119. The normalized spacial score (nSPS) is 10.2. The molecule has 0 N–H and O–H groups in total. The quantitative estimate of drug-likeness (QED) is 0.610. The van der Waals surface area contributed by atoms with Gasteiger partial charge in [0.2, 0.25) is 0 Å². The topological polar surface area (TPSA) is 65.1 Å². The molecule has 0 aliphatic carbocycles. The van der Waals surface area contributed by atoms with Crippen LogP contribution in [0.2, 0.25) is 0 Å². The number of methoxy groups -OCH3 is 2. The standard InChI is InChI=1S/C20H22ClNO5/c1-25-18-7-3-15(4-8-18)12-22(20(24)27-14-17(23)11-21)13-16-5-9-19(26-2)10-6-16/h3-10H,11-14H2,1-2H3. The highest BCUT2D eigenvalue weighted by atomic mass is 35.5. The van der Waals surface area contributed by atoms with Crippen LogP contribution in [0.4, 0.5) is 4.79 Å². The number of amides is 1. The molecule has 2 rings (SSSR count). The lowest BCUT2D eigenvalue weighted by Crippen LogP contribution is -2.32. The summed E-state index contributed by atoms with van der Waals surface area (Å²) in [5.74, 6) is 0.926. The van der Waals surface area contributed by atoms with Crippen molar-refractivity contribution in [1.29, 1.82) is 0 Å².